The van der Waals surface area contributed by atoms with Gasteiger partial charge in [0.05, 0.1) is 12.2 Å². The number of aryl methyl sites for hydroxylation is 1. The van der Waals surface area contributed by atoms with Crippen molar-refractivity contribution in [3.8, 4) is 0 Å². The Morgan fingerprint density at radius 3 is 2.70 bits per heavy atom. The number of anilines is 1. The number of nitrogens with one attached hydrogen (secondary N) is 1. The van der Waals surface area contributed by atoms with Crippen LogP contribution in [0.15, 0.2) is 18.2 Å². The Morgan fingerprint density at radius 2 is 2.09 bits per heavy atom. The van der Waals surface area contributed by atoms with Gasteiger partial charge in [0, 0.05) is 31.3 Å². The average Bonchev–Trinajstić information content (AvgIpc) is 2.47. The molecule has 1 aliphatic heterocycles. The van der Waals surface area contributed by atoms with Gasteiger partial charge in [0.15, 0.2) is 0 Å². The number of hydrogen-bond acceptors (Lipinski definition) is 3. The standard InChI is InChI=1S/C18H28N2O3/c1-13-7-6-8-15(14(13)2)19-16(21)20-10-9-18(22,12-23-5)17(3,4)11-20/h6-8,22H,9-12H2,1-5H3,(H,19,21). The largest absolute Gasteiger partial charge is 0.387 e. The van der Waals surface area contributed by atoms with Crippen LogP contribution in [0.1, 0.15) is 31.4 Å². The minimum Gasteiger partial charge on any atom is -0.387 e. The zero-order valence-electron chi connectivity index (χ0n) is 14.8. The van der Waals surface area contributed by atoms with E-state index in [2.05, 4.69) is 5.32 Å². The zero-order valence-corrected chi connectivity index (χ0v) is 14.8. The number of methoxy groups -OCH3 is 1. The van der Waals surface area contributed by atoms with E-state index in [9.17, 15) is 9.90 Å². The summed E-state index contributed by atoms with van der Waals surface area (Å²) >= 11 is 0. The third-order valence-corrected chi connectivity index (χ3v) is 5.16. The van der Waals surface area contributed by atoms with Gasteiger partial charge in [0.1, 0.15) is 0 Å². The van der Waals surface area contributed by atoms with E-state index in [0.29, 0.717) is 19.5 Å². The van der Waals surface area contributed by atoms with E-state index in [0.717, 1.165) is 16.8 Å². The molecule has 0 radical (unpaired) electrons. The Bertz CT molecular complexity index is 586. The van der Waals surface area contributed by atoms with Crippen molar-refractivity contribution in [2.75, 3.05) is 32.1 Å². The molecule has 0 spiro atoms. The summed E-state index contributed by atoms with van der Waals surface area (Å²) in [5.74, 6) is 0. The van der Waals surface area contributed by atoms with Crippen molar-refractivity contribution in [2.24, 2.45) is 5.41 Å². The van der Waals surface area contributed by atoms with Crippen LogP contribution in [0.4, 0.5) is 10.5 Å². The fraction of sp³-hybridized carbons (Fsp3) is 0.611. The van der Waals surface area contributed by atoms with Crippen LogP contribution in [0.5, 0.6) is 0 Å². The molecule has 1 atom stereocenters. The van der Waals surface area contributed by atoms with E-state index >= 15 is 0 Å². The number of amides is 2. The highest BCUT2D eigenvalue weighted by atomic mass is 16.5. The second-order valence-electron chi connectivity index (χ2n) is 7.20. The van der Waals surface area contributed by atoms with Gasteiger partial charge in [0.25, 0.3) is 0 Å². The third-order valence-electron chi connectivity index (χ3n) is 5.16. The number of nitrogens with zero attached hydrogens (tertiary/aromatic N) is 1. The summed E-state index contributed by atoms with van der Waals surface area (Å²) < 4.78 is 5.17. The van der Waals surface area contributed by atoms with Gasteiger partial charge in [0.2, 0.25) is 0 Å². The van der Waals surface area contributed by atoms with Crippen LogP contribution in [-0.4, -0.2) is 48.4 Å². The first-order chi connectivity index (χ1) is 10.7. The van der Waals surface area contributed by atoms with Crippen LogP contribution in [0.25, 0.3) is 0 Å². The molecule has 0 saturated carbocycles. The normalized spacial score (nSPS) is 23.7. The van der Waals surface area contributed by atoms with E-state index in [-0.39, 0.29) is 12.6 Å². The molecule has 0 bridgehead atoms. The number of urea groups is 1. The number of carbonyl (C=O) groups excluding carboxylic acids is 1. The van der Waals surface area contributed by atoms with Gasteiger partial charge >= 0.3 is 6.03 Å². The second kappa shape index (κ2) is 6.49. The summed E-state index contributed by atoms with van der Waals surface area (Å²) in [5.41, 5.74) is 1.73. The molecule has 1 aliphatic rings. The molecule has 5 heteroatoms. The average molecular weight is 320 g/mol. The van der Waals surface area contributed by atoms with Crippen molar-refractivity contribution in [3.05, 3.63) is 29.3 Å². The van der Waals surface area contributed by atoms with Gasteiger partial charge in [-0.2, -0.15) is 0 Å². The lowest BCUT2D eigenvalue weighted by Gasteiger charge is -2.49. The van der Waals surface area contributed by atoms with E-state index in [1.165, 1.54) is 0 Å². The maximum absolute atomic E-state index is 12.6. The van der Waals surface area contributed by atoms with Gasteiger partial charge in [-0.05, 0) is 37.5 Å². The van der Waals surface area contributed by atoms with Gasteiger partial charge in [-0.1, -0.05) is 26.0 Å². The van der Waals surface area contributed by atoms with Crippen molar-refractivity contribution >= 4 is 11.7 Å². The molecule has 2 amide bonds. The Kier molecular flexibility index (Phi) is 5.01. The number of hydrogen-bond donors (Lipinski definition) is 2. The fourth-order valence-corrected chi connectivity index (χ4v) is 3.12. The summed E-state index contributed by atoms with van der Waals surface area (Å²) in [7, 11) is 1.59. The van der Waals surface area contributed by atoms with E-state index in [1.54, 1.807) is 12.0 Å². The molecule has 1 saturated heterocycles. The van der Waals surface area contributed by atoms with E-state index in [4.69, 9.17) is 4.74 Å². The molecule has 128 valence electrons. The highest BCUT2D eigenvalue weighted by molar-refractivity contribution is 5.90. The molecule has 0 aliphatic carbocycles. The molecule has 1 heterocycles. The molecule has 2 rings (SSSR count). The molecule has 0 aromatic heterocycles. The first-order valence-electron chi connectivity index (χ1n) is 8.04. The Balaban J connectivity index is 2.09. The van der Waals surface area contributed by atoms with Gasteiger partial charge < -0.3 is 20.1 Å². The lowest BCUT2D eigenvalue weighted by atomic mass is 9.70. The fourth-order valence-electron chi connectivity index (χ4n) is 3.12. The molecule has 2 N–H and O–H groups in total. The number of ether oxygens (including phenoxy) is 1. The Labute approximate surface area is 138 Å². The van der Waals surface area contributed by atoms with Crippen molar-refractivity contribution in [2.45, 2.75) is 39.7 Å². The first-order valence-corrected chi connectivity index (χ1v) is 8.04. The SMILES string of the molecule is COCC1(O)CCN(C(=O)Nc2cccc(C)c2C)CC1(C)C. The van der Waals surface area contributed by atoms with Crippen LogP contribution in [0.2, 0.25) is 0 Å². The number of likely N-dealkylation sites (tertiary alicyclic amines) is 1. The Hall–Kier alpha value is -1.59. The van der Waals surface area contributed by atoms with Crippen molar-refractivity contribution in [1.29, 1.82) is 0 Å². The predicted octanol–water partition coefficient (Wildman–Crippen LogP) is 2.94. The van der Waals surface area contributed by atoms with Crippen molar-refractivity contribution < 1.29 is 14.6 Å². The monoisotopic (exact) mass is 320 g/mol. The van der Waals surface area contributed by atoms with Crippen LogP contribution >= 0.6 is 0 Å². The summed E-state index contributed by atoms with van der Waals surface area (Å²) in [5, 5.41) is 13.8. The molecule has 1 aromatic carbocycles. The van der Waals surface area contributed by atoms with Crippen molar-refractivity contribution in [3.63, 3.8) is 0 Å². The summed E-state index contributed by atoms with van der Waals surface area (Å²) in [4.78, 5) is 14.4. The zero-order chi connectivity index (χ0) is 17.3. The van der Waals surface area contributed by atoms with E-state index in [1.807, 2.05) is 45.9 Å². The molecule has 23 heavy (non-hydrogen) atoms. The summed E-state index contributed by atoms with van der Waals surface area (Å²) in [6.45, 7) is 9.27. The highest BCUT2D eigenvalue weighted by Gasteiger charge is 2.48. The maximum Gasteiger partial charge on any atom is 0.321 e. The molecule has 1 unspecified atom stereocenters. The van der Waals surface area contributed by atoms with Gasteiger partial charge in [-0.25, -0.2) is 4.79 Å². The van der Waals surface area contributed by atoms with Crippen LogP contribution in [-0.2, 0) is 4.74 Å². The minimum absolute atomic E-state index is 0.119. The van der Waals surface area contributed by atoms with E-state index < -0.39 is 11.0 Å². The van der Waals surface area contributed by atoms with Crippen LogP contribution < -0.4 is 5.32 Å². The molecule has 1 fully saturated rings. The minimum atomic E-state index is -0.905. The van der Waals surface area contributed by atoms with Crippen molar-refractivity contribution in [1.82, 2.24) is 4.90 Å². The van der Waals surface area contributed by atoms with Gasteiger partial charge in [-0.3, -0.25) is 0 Å². The lowest BCUT2D eigenvalue weighted by molar-refractivity contribution is -0.143. The topological polar surface area (TPSA) is 61.8 Å². The lowest BCUT2D eigenvalue weighted by Crippen LogP contribution is -2.61. The molecule has 5 nitrogen and oxygen atoms in total. The van der Waals surface area contributed by atoms with Crippen LogP contribution in [0, 0.1) is 19.3 Å². The number of carbonyl (C=O) groups is 1. The Morgan fingerprint density at radius 1 is 1.39 bits per heavy atom. The number of benzene rings is 1. The predicted molar refractivity (Wildman–Crippen MR) is 91.7 cm³/mol. The summed E-state index contributed by atoms with van der Waals surface area (Å²) in [6, 6.07) is 5.76. The second-order valence-corrected chi connectivity index (χ2v) is 7.20. The molecular formula is C18H28N2O3. The number of piperidine rings is 1. The smallest absolute Gasteiger partial charge is 0.321 e. The third kappa shape index (κ3) is 3.51. The molecule has 1 aromatic rings. The molecular weight excluding hydrogens is 292 g/mol. The maximum atomic E-state index is 12.6. The number of aliphatic hydroxyl groups is 1. The highest BCUT2D eigenvalue weighted by Crippen LogP contribution is 2.39. The first kappa shape index (κ1) is 17.8. The van der Waals surface area contributed by atoms with Crippen LogP contribution in [0.3, 0.4) is 0 Å². The van der Waals surface area contributed by atoms with Gasteiger partial charge in [-0.15, -0.1) is 0 Å². The number of rotatable bonds is 3. The summed E-state index contributed by atoms with van der Waals surface area (Å²) in [6.07, 6.45) is 0.508. The quantitative estimate of drug-likeness (QED) is 0.900.